The largest absolute Gasteiger partial charge is 0.481 e. The summed E-state index contributed by atoms with van der Waals surface area (Å²) < 4.78 is 1.13. The van der Waals surface area contributed by atoms with E-state index in [1.165, 1.54) is 4.90 Å². The Hall–Kier alpha value is -2.90. The van der Waals surface area contributed by atoms with Crippen molar-refractivity contribution >= 4 is 22.6 Å². The van der Waals surface area contributed by atoms with Crippen LogP contribution < -0.4 is 11.1 Å². The number of H-pyrrole nitrogens is 1. The minimum Gasteiger partial charge on any atom is -0.481 e. The average Bonchev–Trinajstić information content (AvgIpc) is 2.59. The fourth-order valence-corrected chi connectivity index (χ4v) is 2.76. The average molecular weight is 361 g/mol. The van der Waals surface area contributed by atoms with Crippen LogP contribution in [0.2, 0.25) is 0 Å². The van der Waals surface area contributed by atoms with Crippen LogP contribution in [0.4, 0.5) is 0 Å². The van der Waals surface area contributed by atoms with Gasteiger partial charge >= 0.3 is 5.97 Å². The fourth-order valence-electron chi connectivity index (χ4n) is 2.76. The summed E-state index contributed by atoms with van der Waals surface area (Å²) in [6.07, 6.45) is -0.133. The van der Waals surface area contributed by atoms with E-state index in [4.69, 9.17) is 5.11 Å². The predicted octanol–water partition coefficient (Wildman–Crippen LogP) is 1.04. The summed E-state index contributed by atoms with van der Waals surface area (Å²) in [5.41, 5.74) is -0.758. The number of hydrogen-bond donors (Lipinski definition) is 2. The quantitative estimate of drug-likeness (QED) is 0.729. The van der Waals surface area contributed by atoms with E-state index in [1.54, 1.807) is 24.3 Å². The van der Waals surface area contributed by atoms with Crippen LogP contribution in [0.3, 0.4) is 0 Å². The first-order valence-corrected chi connectivity index (χ1v) is 8.51. The van der Waals surface area contributed by atoms with E-state index in [9.17, 15) is 19.2 Å². The van der Waals surface area contributed by atoms with Crippen LogP contribution in [-0.2, 0) is 16.1 Å². The van der Waals surface area contributed by atoms with E-state index in [0.717, 1.165) is 4.68 Å². The van der Waals surface area contributed by atoms with Crippen molar-refractivity contribution < 1.29 is 14.7 Å². The minimum atomic E-state index is -0.971. The summed E-state index contributed by atoms with van der Waals surface area (Å²) in [6.45, 7) is 4.46. The van der Waals surface area contributed by atoms with E-state index < -0.39 is 11.5 Å². The van der Waals surface area contributed by atoms with Gasteiger partial charge in [-0.1, -0.05) is 26.0 Å². The van der Waals surface area contributed by atoms with Gasteiger partial charge in [0.2, 0.25) is 5.91 Å². The van der Waals surface area contributed by atoms with Crippen molar-refractivity contribution in [2.45, 2.75) is 33.2 Å². The van der Waals surface area contributed by atoms with Crippen molar-refractivity contribution in [2.24, 2.45) is 5.92 Å². The van der Waals surface area contributed by atoms with E-state index in [1.807, 2.05) is 13.8 Å². The second-order valence-corrected chi connectivity index (χ2v) is 6.57. The van der Waals surface area contributed by atoms with Crippen molar-refractivity contribution in [3.8, 4) is 0 Å². The van der Waals surface area contributed by atoms with Crippen molar-refractivity contribution in [1.82, 2.24) is 14.7 Å². The van der Waals surface area contributed by atoms with Gasteiger partial charge in [0.05, 0.1) is 23.7 Å². The highest BCUT2D eigenvalue weighted by Crippen LogP contribution is 2.05. The SMILES string of the molecule is CC(C)CN(CCC(=O)O)C(=O)CCn1[nH]c(=O)c2ccccc2c1=O. The third-order valence-electron chi connectivity index (χ3n) is 3.97. The van der Waals surface area contributed by atoms with Crippen LogP contribution in [0.25, 0.3) is 10.8 Å². The number of aliphatic carboxylic acids is 1. The Morgan fingerprint density at radius 2 is 1.81 bits per heavy atom. The first-order valence-electron chi connectivity index (χ1n) is 8.51. The molecule has 2 aromatic rings. The molecule has 8 heteroatoms. The number of nitrogens with one attached hydrogen (secondary N) is 1. The van der Waals surface area contributed by atoms with E-state index in [2.05, 4.69) is 5.10 Å². The lowest BCUT2D eigenvalue weighted by Crippen LogP contribution is -2.37. The normalized spacial score (nSPS) is 11.0. The molecule has 2 rings (SSSR count). The summed E-state index contributed by atoms with van der Waals surface area (Å²) in [6, 6.07) is 6.50. The molecule has 0 bridgehead atoms. The number of aromatic nitrogens is 2. The number of rotatable bonds is 8. The van der Waals surface area contributed by atoms with Crippen molar-refractivity contribution in [1.29, 1.82) is 0 Å². The molecule has 0 saturated heterocycles. The Bertz CT molecular complexity index is 913. The van der Waals surface area contributed by atoms with Gasteiger partial charge in [-0.05, 0) is 18.1 Å². The van der Waals surface area contributed by atoms with Gasteiger partial charge in [-0.15, -0.1) is 0 Å². The molecule has 0 radical (unpaired) electrons. The number of fused-ring (bicyclic) bond motifs is 1. The Morgan fingerprint density at radius 3 is 2.42 bits per heavy atom. The molecule has 1 heterocycles. The summed E-state index contributed by atoms with van der Waals surface area (Å²) in [7, 11) is 0. The molecule has 0 spiro atoms. The zero-order valence-electron chi connectivity index (χ0n) is 14.9. The zero-order valence-corrected chi connectivity index (χ0v) is 14.9. The number of carboxylic acid groups (broad SMARTS) is 1. The highest BCUT2D eigenvalue weighted by molar-refractivity contribution is 5.80. The molecule has 0 aliphatic heterocycles. The van der Waals surface area contributed by atoms with Crippen LogP contribution in [0.15, 0.2) is 33.9 Å². The topological polar surface area (TPSA) is 112 Å². The molecule has 140 valence electrons. The molecular weight excluding hydrogens is 338 g/mol. The van der Waals surface area contributed by atoms with Gasteiger partial charge in [0.25, 0.3) is 11.1 Å². The number of aryl methyl sites for hydroxylation is 1. The first-order chi connectivity index (χ1) is 12.3. The molecule has 1 aromatic carbocycles. The number of amides is 1. The highest BCUT2D eigenvalue weighted by Gasteiger charge is 2.17. The Morgan fingerprint density at radius 1 is 1.15 bits per heavy atom. The number of carbonyl (C=O) groups is 2. The molecule has 0 fully saturated rings. The van der Waals surface area contributed by atoms with Gasteiger partial charge < -0.3 is 10.0 Å². The lowest BCUT2D eigenvalue weighted by atomic mass is 10.2. The Labute approximate surface area is 150 Å². The molecule has 0 aliphatic rings. The van der Waals surface area contributed by atoms with Crippen LogP contribution in [0.1, 0.15) is 26.7 Å². The molecule has 0 aliphatic carbocycles. The molecule has 26 heavy (non-hydrogen) atoms. The van der Waals surface area contributed by atoms with Crippen molar-refractivity contribution in [2.75, 3.05) is 13.1 Å². The monoisotopic (exact) mass is 361 g/mol. The molecule has 1 aromatic heterocycles. The molecule has 0 saturated carbocycles. The van der Waals surface area contributed by atoms with E-state index >= 15 is 0 Å². The smallest absolute Gasteiger partial charge is 0.305 e. The van der Waals surface area contributed by atoms with E-state index in [0.29, 0.717) is 17.3 Å². The predicted molar refractivity (Wildman–Crippen MR) is 97.1 cm³/mol. The molecule has 0 atom stereocenters. The molecule has 8 nitrogen and oxygen atoms in total. The zero-order chi connectivity index (χ0) is 19.3. The maximum Gasteiger partial charge on any atom is 0.305 e. The maximum atomic E-state index is 12.5. The number of aromatic amines is 1. The van der Waals surface area contributed by atoms with Gasteiger partial charge in [-0.25, -0.2) is 4.68 Å². The van der Waals surface area contributed by atoms with Gasteiger partial charge in [0.1, 0.15) is 0 Å². The molecular formula is C18H23N3O5. The Kier molecular flexibility index (Phi) is 6.32. The molecule has 1 amide bonds. The van der Waals surface area contributed by atoms with Crippen LogP contribution >= 0.6 is 0 Å². The van der Waals surface area contributed by atoms with Crippen molar-refractivity contribution in [3.63, 3.8) is 0 Å². The number of benzene rings is 1. The second-order valence-electron chi connectivity index (χ2n) is 6.57. The lowest BCUT2D eigenvalue weighted by molar-refractivity contribution is -0.138. The maximum absolute atomic E-state index is 12.5. The highest BCUT2D eigenvalue weighted by atomic mass is 16.4. The van der Waals surface area contributed by atoms with Crippen molar-refractivity contribution in [3.05, 3.63) is 45.0 Å². The first kappa shape index (κ1) is 19.4. The third-order valence-corrected chi connectivity index (χ3v) is 3.97. The van der Waals surface area contributed by atoms with Gasteiger partial charge in [-0.2, -0.15) is 0 Å². The minimum absolute atomic E-state index is 0.000522. The van der Waals surface area contributed by atoms with Crippen LogP contribution in [0, 0.1) is 5.92 Å². The van der Waals surface area contributed by atoms with Gasteiger partial charge in [0, 0.05) is 19.5 Å². The Balaban J connectivity index is 2.15. The lowest BCUT2D eigenvalue weighted by Gasteiger charge is -2.24. The molecule has 2 N–H and O–H groups in total. The summed E-state index contributed by atoms with van der Waals surface area (Å²) in [5.74, 6) is -1.03. The van der Waals surface area contributed by atoms with Gasteiger partial charge in [0.15, 0.2) is 0 Å². The fraction of sp³-hybridized carbons (Fsp3) is 0.444. The second kappa shape index (κ2) is 8.46. The summed E-state index contributed by atoms with van der Waals surface area (Å²) >= 11 is 0. The summed E-state index contributed by atoms with van der Waals surface area (Å²) in [4.78, 5) is 49.2. The number of nitrogens with zero attached hydrogens (tertiary/aromatic N) is 2. The third kappa shape index (κ3) is 4.81. The van der Waals surface area contributed by atoms with Crippen LogP contribution in [-0.4, -0.2) is 44.8 Å². The number of hydrogen-bond acceptors (Lipinski definition) is 4. The molecule has 0 unspecified atom stereocenters. The van der Waals surface area contributed by atoms with E-state index in [-0.39, 0.29) is 43.3 Å². The summed E-state index contributed by atoms with van der Waals surface area (Å²) in [5, 5.41) is 11.9. The number of carboxylic acids is 1. The number of carbonyl (C=O) groups excluding carboxylic acids is 1. The standard InChI is InChI=1S/C18H23N3O5/c1-12(2)11-20(9-8-16(23)24)15(22)7-10-21-18(26)14-6-4-3-5-13(14)17(25)19-21/h3-6,12H,7-11H2,1-2H3,(H,19,25)(H,23,24). The van der Waals surface area contributed by atoms with Crippen LogP contribution in [0.5, 0.6) is 0 Å². The van der Waals surface area contributed by atoms with Gasteiger partial charge in [-0.3, -0.25) is 24.3 Å².